The van der Waals surface area contributed by atoms with Crippen molar-refractivity contribution in [1.82, 2.24) is 0 Å². The standard InChI is InChI=1S/C9H14O3/c1-9-3-2-7(11)8(12-9)4-6(9)5-10/h6,8,10H,2-5H2,1H3/t6-,8+,9+/m1/s1. The van der Waals surface area contributed by atoms with Gasteiger partial charge in [-0.25, -0.2) is 0 Å². The maximum atomic E-state index is 11.2. The number of hydrogen-bond donors (Lipinski definition) is 1. The molecule has 12 heavy (non-hydrogen) atoms. The maximum absolute atomic E-state index is 11.2. The Morgan fingerprint density at radius 1 is 1.75 bits per heavy atom. The first-order valence-corrected chi connectivity index (χ1v) is 4.47. The molecule has 0 aromatic rings. The minimum atomic E-state index is -0.229. The lowest BCUT2D eigenvalue weighted by molar-refractivity contribution is -0.146. The van der Waals surface area contributed by atoms with Crippen LogP contribution >= 0.6 is 0 Å². The Morgan fingerprint density at radius 2 is 2.50 bits per heavy atom. The topological polar surface area (TPSA) is 46.5 Å². The van der Waals surface area contributed by atoms with Crippen molar-refractivity contribution >= 4 is 5.78 Å². The van der Waals surface area contributed by atoms with Gasteiger partial charge in [-0.1, -0.05) is 0 Å². The molecule has 3 atom stereocenters. The molecule has 1 N–H and O–H groups in total. The first-order valence-electron chi connectivity index (χ1n) is 4.47. The first kappa shape index (κ1) is 8.20. The van der Waals surface area contributed by atoms with Crippen molar-refractivity contribution in [3.8, 4) is 0 Å². The van der Waals surface area contributed by atoms with Crippen molar-refractivity contribution in [3.63, 3.8) is 0 Å². The molecule has 3 nitrogen and oxygen atoms in total. The molecule has 0 amide bonds. The molecule has 0 spiro atoms. The van der Waals surface area contributed by atoms with Crippen molar-refractivity contribution in [2.75, 3.05) is 6.61 Å². The molecule has 3 heteroatoms. The number of ketones is 1. The van der Waals surface area contributed by atoms with Gasteiger partial charge in [-0.3, -0.25) is 4.79 Å². The summed E-state index contributed by atoms with van der Waals surface area (Å²) in [5, 5.41) is 9.07. The summed E-state index contributed by atoms with van der Waals surface area (Å²) in [6.45, 7) is 2.14. The fraction of sp³-hybridized carbons (Fsp3) is 0.889. The van der Waals surface area contributed by atoms with Gasteiger partial charge < -0.3 is 9.84 Å². The molecule has 2 rings (SSSR count). The number of carbonyl (C=O) groups is 1. The predicted molar refractivity (Wildman–Crippen MR) is 42.7 cm³/mol. The van der Waals surface area contributed by atoms with Crippen LogP contribution in [-0.4, -0.2) is 29.2 Å². The highest BCUT2D eigenvalue weighted by molar-refractivity contribution is 5.84. The van der Waals surface area contributed by atoms with Crippen LogP contribution < -0.4 is 0 Å². The van der Waals surface area contributed by atoms with Crippen molar-refractivity contribution < 1.29 is 14.6 Å². The molecule has 2 heterocycles. The number of Topliss-reactive ketones (excluding diaryl/α,β-unsaturated/α-hetero) is 1. The summed E-state index contributed by atoms with van der Waals surface area (Å²) in [4.78, 5) is 11.2. The van der Waals surface area contributed by atoms with Gasteiger partial charge in [0.1, 0.15) is 6.10 Å². The average Bonchev–Trinajstić information content (AvgIpc) is 2.33. The van der Waals surface area contributed by atoms with Gasteiger partial charge in [0.2, 0.25) is 0 Å². The quantitative estimate of drug-likeness (QED) is 0.623. The maximum Gasteiger partial charge on any atom is 0.161 e. The van der Waals surface area contributed by atoms with E-state index in [-0.39, 0.29) is 30.0 Å². The largest absolute Gasteiger partial charge is 0.396 e. The van der Waals surface area contributed by atoms with E-state index in [2.05, 4.69) is 0 Å². The number of rotatable bonds is 1. The van der Waals surface area contributed by atoms with E-state index in [1.807, 2.05) is 6.92 Å². The summed E-state index contributed by atoms with van der Waals surface area (Å²) < 4.78 is 5.59. The zero-order chi connectivity index (χ0) is 8.77. The summed E-state index contributed by atoms with van der Waals surface area (Å²) in [5.41, 5.74) is -0.229. The molecule has 0 aromatic heterocycles. The van der Waals surface area contributed by atoms with Gasteiger partial charge in [0, 0.05) is 18.9 Å². The molecule has 68 valence electrons. The third kappa shape index (κ3) is 1.00. The van der Waals surface area contributed by atoms with E-state index in [0.29, 0.717) is 12.8 Å². The molecule has 0 aromatic carbocycles. The van der Waals surface area contributed by atoms with Gasteiger partial charge >= 0.3 is 0 Å². The number of aliphatic hydroxyl groups excluding tert-OH is 1. The Balaban J connectivity index is 2.20. The van der Waals surface area contributed by atoms with E-state index in [4.69, 9.17) is 9.84 Å². The van der Waals surface area contributed by atoms with Crippen LogP contribution in [0.4, 0.5) is 0 Å². The van der Waals surface area contributed by atoms with Crippen molar-refractivity contribution in [2.24, 2.45) is 5.92 Å². The molecule has 2 aliphatic heterocycles. The number of ether oxygens (including phenoxy) is 1. The van der Waals surface area contributed by atoms with Gasteiger partial charge in [-0.05, 0) is 19.8 Å². The lowest BCUT2D eigenvalue weighted by Crippen LogP contribution is -2.38. The normalized spacial score (nSPS) is 46.7. The number of fused-ring (bicyclic) bond motifs is 2. The van der Waals surface area contributed by atoms with E-state index >= 15 is 0 Å². The highest BCUT2D eigenvalue weighted by Crippen LogP contribution is 2.43. The van der Waals surface area contributed by atoms with Crippen LogP contribution in [0.3, 0.4) is 0 Å². The summed E-state index contributed by atoms with van der Waals surface area (Å²) in [6.07, 6.45) is 1.89. The molecular formula is C9H14O3. The SMILES string of the molecule is C[C@]12CCC(=O)[C@H](C[C@@H]1CO)O2. The number of hydrogen-bond acceptors (Lipinski definition) is 3. The Bertz CT molecular complexity index is 214. The van der Waals surface area contributed by atoms with Crippen molar-refractivity contribution in [3.05, 3.63) is 0 Å². The van der Waals surface area contributed by atoms with E-state index in [1.54, 1.807) is 0 Å². The van der Waals surface area contributed by atoms with Gasteiger partial charge in [0.25, 0.3) is 0 Å². The molecule has 2 aliphatic rings. The smallest absolute Gasteiger partial charge is 0.161 e. The second kappa shape index (κ2) is 2.54. The first-order chi connectivity index (χ1) is 5.65. The second-order valence-corrected chi connectivity index (χ2v) is 4.00. The van der Waals surface area contributed by atoms with Gasteiger partial charge in [-0.15, -0.1) is 0 Å². The van der Waals surface area contributed by atoms with E-state index in [0.717, 1.165) is 6.42 Å². The number of carbonyl (C=O) groups excluding carboxylic acids is 1. The van der Waals surface area contributed by atoms with E-state index < -0.39 is 0 Å². The predicted octanol–water partition coefficient (Wildman–Crippen LogP) is 0.505. The Morgan fingerprint density at radius 3 is 3.08 bits per heavy atom. The van der Waals surface area contributed by atoms with Crippen LogP contribution in [0.1, 0.15) is 26.2 Å². The van der Waals surface area contributed by atoms with E-state index in [1.165, 1.54) is 0 Å². The van der Waals surface area contributed by atoms with Crippen molar-refractivity contribution in [1.29, 1.82) is 0 Å². The molecule has 0 radical (unpaired) electrons. The Labute approximate surface area is 71.7 Å². The minimum Gasteiger partial charge on any atom is -0.396 e. The molecular weight excluding hydrogens is 156 g/mol. The zero-order valence-corrected chi connectivity index (χ0v) is 7.25. The molecule has 2 fully saturated rings. The van der Waals surface area contributed by atoms with Crippen LogP contribution in [0.2, 0.25) is 0 Å². The summed E-state index contributed by atoms with van der Waals surface area (Å²) in [7, 11) is 0. The second-order valence-electron chi connectivity index (χ2n) is 4.00. The van der Waals surface area contributed by atoms with Crippen LogP contribution in [0.5, 0.6) is 0 Å². The summed E-state index contributed by atoms with van der Waals surface area (Å²) >= 11 is 0. The van der Waals surface area contributed by atoms with Crippen molar-refractivity contribution in [2.45, 2.75) is 37.9 Å². The lowest BCUT2D eigenvalue weighted by atomic mass is 9.87. The zero-order valence-electron chi connectivity index (χ0n) is 7.25. The molecule has 2 saturated heterocycles. The molecule has 0 aliphatic carbocycles. The van der Waals surface area contributed by atoms with Gasteiger partial charge in [0.15, 0.2) is 5.78 Å². The summed E-state index contributed by atoms with van der Waals surface area (Å²) in [5.74, 6) is 0.373. The average molecular weight is 170 g/mol. The van der Waals surface area contributed by atoms with Crippen LogP contribution in [0.15, 0.2) is 0 Å². The van der Waals surface area contributed by atoms with Crippen LogP contribution in [0, 0.1) is 5.92 Å². The Hall–Kier alpha value is -0.410. The summed E-state index contributed by atoms with van der Waals surface area (Å²) in [6, 6.07) is 0. The van der Waals surface area contributed by atoms with Crippen LogP contribution in [-0.2, 0) is 9.53 Å². The monoisotopic (exact) mass is 170 g/mol. The van der Waals surface area contributed by atoms with E-state index in [9.17, 15) is 4.79 Å². The molecule has 0 unspecified atom stereocenters. The van der Waals surface area contributed by atoms with Gasteiger partial charge in [-0.2, -0.15) is 0 Å². The third-order valence-corrected chi connectivity index (χ3v) is 3.22. The fourth-order valence-corrected chi connectivity index (χ4v) is 2.24. The fourth-order valence-electron chi connectivity index (χ4n) is 2.24. The van der Waals surface area contributed by atoms with Crippen LogP contribution in [0.25, 0.3) is 0 Å². The van der Waals surface area contributed by atoms with Gasteiger partial charge in [0.05, 0.1) is 5.60 Å². The molecule has 0 saturated carbocycles. The lowest BCUT2D eigenvalue weighted by Gasteiger charge is -2.32. The highest BCUT2D eigenvalue weighted by Gasteiger charge is 2.50. The third-order valence-electron chi connectivity index (χ3n) is 3.22. The molecule has 2 bridgehead atoms. The highest BCUT2D eigenvalue weighted by atomic mass is 16.5. The number of aliphatic hydroxyl groups is 1. The Kier molecular flexibility index (Phi) is 1.73. The minimum absolute atomic E-state index is 0.139.